The molecule has 2 aromatic heterocycles. The summed E-state index contributed by atoms with van der Waals surface area (Å²) in [6.07, 6.45) is 5.15. The summed E-state index contributed by atoms with van der Waals surface area (Å²) in [6, 6.07) is 8.17. The van der Waals surface area contributed by atoms with Crippen molar-refractivity contribution in [3.8, 4) is 5.82 Å². The summed E-state index contributed by atoms with van der Waals surface area (Å²) in [5.74, 6) is 1.15. The highest BCUT2D eigenvalue weighted by atomic mass is 19.1. The average Bonchev–Trinajstić information content (AvgIpc) is 2.94. The smallest absolute Gasteiger partial charge is 0.158 e. The van der Waals surface area contributed by atoms with E-state index in [-0.39, 0.29) is 5.82 Å². The zero-order valence-electron chi connectivity index (χ0n) is 11.5. The summed E-state index contributed by atoms with van der Waals surface area (Å²) in [5.41, 5.74) is 2.04. The Hall–Kier alpha value is -2.76. The fraction of sp³-hybridized carbons (Fsp3) is 0.133. The Bertz CT molecular complexity index is 736. The van der Waals surface area contributed by atoms with Crippen molar-refractivity contribution in [3.05, 3.63) is 66.0 Å². The van der Waals surface area contributed by atoms with Gasteiger partial charge in [-0.2, -0.15) is 5.10 Å². The highest BCUT2D eigenvalue weighted by molar-refractivity contribution is 5.41. The van der Waals surface area contributed by atoms with Crippen LogP contribution in [0.15, 0.2) is 49.1 Å². The first-order valence-electron chi connectivity index (χ1n) is 6.53. The lowest BCUT2D eigenvalue weighted by Crippen LogP contribution is -2.04. The molecular formula is C15H14FN5. The lowest BCUT2D eigenvalue weighted by atomic mass is 10.2. The van der Waals surface area contributed by atoms with Gasteiger partial charge in [0, 0.05) is 18.8 Å². The molecule has 3 aromatic rings. The lowest BCUT2D eigenvalue weighted by Gasteiger charge is -2.07. The summed E-state index contributed by atoms with van der Waals surface area (Å²) in [7, 11) is 0. The van der Waals surface area contributed by atoms with Crippen LogP contribution in [0.2, 0.25) is 0 Å². The largest absolute Gasteiger partial charge is 0.366 e. The molecule has 5 nitrogen and oxygen atoms in total. The van der Waals surface area contributed by atoms with Gasteiger partial charge in [-0.3, -0.25) is 0 Å². The van der Waals surface area contributed by atoms with Gasteiger partial charge in [-0.15, -0.1) is 0 Å². The van der Waals surface area contributed by atoms with Gasteiger partial charge in [0.1, 0.15) is 18.0 Å². The number of rotatable bonds is 4. The maximum Gasteiger partial charge on any atom is 0.158 e. The Morgan fingerprint density at radius 1 is 1.19 bits per heavy atom. The molecule has 0 saturated heterocycles. The Morgan fingerprint density at radius 2 is 2.00 bits per heavy atom. The van der Waals surface area contributed by atoms with Crippen LogP contribution >= 0.6 is 0 Å². The van der Waals surface area contributed by atoms with Crippen LogP contribution < -0.4 is 5.32 Å². The Balaban J connectivity index is 1.73. The number of hydrogen-bond donors (Lipinski definition) is 1. The fourth-order valence-corrected chi connectivity index (χ4v) is 1.90. The summed E-state index contributed by atoms with van der Waals surface area (Å²) in [5, 5.41) is 7.39. The van der Waals surface area contributed by atoms with Crippen LogP contribution in [0, 0.1) is 12.7 Å². The SMILES string of the molecule is Cc1cnn(-c2cc(NCc3ccc(F)cc3)ncn2)c1. The molecule has 0 spiro atoms. The van der Waals surface area contributed by atoms with E-state index in [1.54, 1.807) is 23.0 Å². The van der Waals surface area contributed by atoms with Crippen molar-refractivity contribution in [3.63, 3.8) is 0 Å². The van der Waals surface area contributed by atoms with Crippen LogP contribution in [-0.2, 0) is 6.54 Å². The van der Waals surface area contributed by atoms with Crippen molar-refractivity contribution in [2.24, 2.45) is 0 Å². The van der Waals surface area contributed by atoms with Gasteiger partial charge in [-0.1, -0.05) is 12.1 Å². The van der Waals surface area contributed by atoms with Crippen LogP contribution in [0.4, 0.5) is 10.2 Å². The highest BCUT2D eigenvalue weighted by Crippen LogP contribution is 2.11. The van der Waals surface area contributed by atoms with Crippen molar-refractivity contribution in [2.45, 2.75) is 13.5 Å². The number of anilines is 1. The molecule has 0 aliphatic rings. The molecule has 0 atom stereocenters. The molecule has 0 unspecified atom stereocenters. The van der Waals surface area contributed by atoms with Crippen LogP contribution in [0.25, 0.3) is 5.82 Å². The first-order chi connectivity index (χ1) is 10.2. The Labute approximate surface area is 121 Å². The van der Waals surface area contributed by atoms with Gasteiger partial charge in [0.2, 0.25) is 0 Å². The molecule has 1 N–H and O–H groups in total. The zero-order chi connectivity index (χ0) is 14.7. The number of aromatic nitrogens is 4. The standard InChI is InChI=1S/C15H14FN5/c1-11-7-20-21(9-11)15-6-14(18-10-19-15)17-8-12-2-4-13(16)5-3-12/h2-7,9-10H,8H2,1H3,(H,17,18,19). The normalized spacial score (nSPS) is 10.6. The van der Waals surface area contributed by atoms with Gasteiger partial charge in [-0.05, 0) is 30.2 Å². The maximum absolute atomic E-state index is 12.8. The van der Waals surface area contributed by atoms with E-state index in [1.807, 2.05) is 19.2 Å². The molecule has 0 bridgehead atoms. The third-order valence-corrected chi connectivity index (χ3v) is 2.99. The number of benzene rings is 1. The lowest BCUT2D eigenvalue weighted by molar-refractivity contribution is 0.627. The predicted molar refractivity (Wildman–Crippen MR) is 77.6 cm³/mol. The molecule has 0 fully saturated rings. The van der Waals surface area contributed by atoms with Crippen molar-refractivity contribution >= 4 is 5.82 Å². The summed E-state index contributed by atoms with van der Waals surface area (Å²) < 4.78 is 14.5. The first-order valence-corrected chi connectivity index (χ1v) is 6.53. The second-order valence-corrected chi connectivity index (χ2v) is 4.70. The van der Waals surface area contributed by atoms with Crippen LogP contribution in [0.5, 0.6) is 0 Å². The van der Waals surface area contributed by atoms with Gasteiger partial charge in [0.15, 0.2) is 5.82 Å². The third-order valence-electron chi connectivity index (χ3n) is 2.99. The molecular weight excluding hydrogens is 269 g/mol. The minimum Gasteiger partial charge on any atom is -0.366 e. The number of aryl methyl sites for hydroxylation is 1. The van der Waals surface area contributed by atoms with Gasteiger partial charge < -0.3 is 5.32 Å². The van der Waals surface area contributed by atoms with Gasteiger partial charge in [0.25, 0.3) is 0 Å². The molecule has 2 heterocycles. The monoisotopic (exact) mass is 283 g/mol. The van der Waals surface area contributed by atoms with Crippen LogP contribution in [0.1, 0.15) is 11.1 Å². The van der Waals surface area contributed by atoms with E-state index >= 15 is 0 Å². The molecule has 106 valence electrons. The highest BCUT2D eigenvalue weighted by Gasteiger charge is 2.02. The van der Waals surface area contributed by atoms with Gasteiger partial charge in [0.05, 0.1) is 6.20 Å². The zero-order valence-corrected chi connectivity index (χ0v) is 11.5. The summed E-state index contributed by atoms with van der Waals surface area (Å²) >= 11 is 0. The topological polar surface area (TPSA) is 55.6 Å². The second-order valence-electron chi connectivity index (χ2n) is 4.70. The predicted octanol–water partition coefficient (Wildman–Crippen LogP) is 2.72. The molecule has 1 aromatic carbocycles. The van der Waals surface area contributed by atoms with E-state index in [4.69, 9.17) is 0 Å². The summed E-state index contributed by atoms with van der Waals surface area (Å²) in [4.78, 5) is 8.36. The van der Waals surface area contributed by atoms with E-state index in [9.17, 15) is 4.39 Å². The van der Waals surface area contributed by atoms with Gasteiger partial charge in [-0.25, -0.2) is 19.0 Å². The Kier molecular flexibility index (Phi) is 3.59. The fourth-order valence-electron chi connectivity index (χ4n) is 1.90. The molecule has 21 heavy (non-hydrogen) atoms. The van der Waals surface area contributed by atoms with Crippen molar-refractivity contribution in [1.82, 2.24) is 19.7 Å². The van der Waals surface area contributed by atoms with E-state index in [1.165, 1.54) is 18.5 Å². The number of nitrogens with one attached hydrogen (secondary N) is 1. The van der Waals surface area contributed by atoms with Crippen molar-refractivity contribution < 1.29 is 4.39 Å². The van der Waals surface area contributed by atoms with Crippen molar-refractivity contribution in [1.29, 1.82) is 0 Å². The average molecular weight is 283 g/mol. The Morgan fingerprint density at radius 3 is 2.71 bits per heavy atom. The molecule has 0 saturated carbocycles. The minimum atomic E-state index is -0.239. The van der Waals surface area contributed by atoms with E-state index in [2.05, 4.69) is 20.4 Å². The molecule has 0 aliphatic heterocycles. The van der Waals surface area contributed by atoms with E-state index in [0.29, 0.717) is 18.2 Å². The minimum absolute atomic E-state index is 0.239. The van der Waals surface area contributed by atoms with Gasteiger partial charge >= 0.3 is 0 Å². The van der Waals surface area contributed by atoms with E-state index in [0.717, 1.165) is 11.1 Å². The second kappa shape index (κ2) is 5.70. The molecule has 0 amide bonds. The van der Waals surface area contributed by atoms with Crippen LogP contribution in [0.3, 0.4) is 0 Å². The number of nitrogens with zero attached hydrogens (tertiary/aromatic N) is 4. The van der Waals surface area contributed by atoms with Crippen LogP contribution in [-0.4, -0.2) is 19.7 Å². The van der Waals surface area contributed by atoms with E-state index < -0.39 is 0 Å². The molecule has 0 radical (unpaired) electrons. The molecule has 3 rings (SSSR count). The molecule has 6 heteroatoms. The summed E-state index contributed by atoms with van der Waals surface area (Å²) in [6.45, 7) is 2.53. The van der Waals surface area contributed by atoms with Crippen molar-refractivity contribution in [2.75, 3.05) is 5.32 Å². The molecule has 0 aliphatic carbocycles. The quantitative estimate of drug-likeness (QED) is 0.800. The third kappa shape index (κ3) is 3.22. The maximum atomic E-state index is 12.8. The number of halogens is 1. The first kappa shape index (κ1) is 13.2. The number of hydrogen-bond acceptors (Lipinski definition) is 4.